The standard InChI is InChI=1S/C23H25BrN2O6S/c1-25(2)33(30,31)18-10-8-15(9-11-18)21(27)19-20(16-6-4-7-17(24)14-16)26(12-5-13-32-3)23(29)22(19)28/h4,6-11,14,20,27H,5,12-13H2,1-3H3/t20-/m0/s1. The van der Waals surface area contributed by atoms with E-state index in [0.717, 1.165) is 8.78 Å². The smallest absolute Gasteiger partial charge is 0.295 e. The molecule has 1 saturated heterocycles. The van der Waals surface area contributed by atoms with Crippen LogP contribution >= 0.6 is 15.9 Å². The van der Waals surface area contributed by atoms with Gasteiger partial charge in [0.25, 0.3) is 11.7 Å². The third kappa shape index (κ3) is 5.03. The number of methoxy groups -OCH3 is 1. The maximum atomic E-state index is 13.0. The minimum atomic E-state index is -3.65. The van der Waals surface area contributed by atoms with E-state index in [1.807, 2.05) is 6.07 Å². The number of rotatable bonds is 8. The van der Waals surface area contributed by atoms with Gasteiger partial charge in [0, 0.05) is 44.4 Å². The first kappa shape index (κ1) is 25.1. The Kier molecular flexibility index (Phi) is 7.73. The predicted octanol–water partition coefficient (Wildman–Crippen LogP) is 3.16. The quantitative estimate of drug-likeness (QED) is 0.240. The van der Waals surface area contributed by atoms with Crippen LogP contribution in [-0.4, -0.2) is 68.8 Å². The van der Waals surface area contributed by atoms with Crippen LogP contribution in [0.15, 0.2) is 63.5 Å². The molecule has 1 aliphatic heterocycles. The molecule has 2 aromatic rings. The van der Waals surface area contributed by atoms with Gasteiger partial charge in [0.2, 0.25) is 10.0 Å². The van der Waals surface area contributed by atoms with Crippen molar-refractivity contribution >= 4 is 43.4 Å². The maximum Gasteiger partial charge on any atom is 0.295 e. The lowest BCUT2D eigenvalue weighted by Crippen LogP contribution is -2.31. The number of likely N-dealkylation sites (tertiary alicyclic amines) is 1. The number of carbonyl (C=O) groups is 2. The Hall–Kier alpha value is -2.53. The van der Waals surface area contributed by atoms with Crippen molar-refractivity contribution < 1.29 is 27.9 Å². The van der Waals surface area contributed by atoms with Crippen LogP contribution in [0.4, 0.5) is 0 Å². The Morgan fingerprint density at radius 1 is 1.15 bits per heavy atom. The Morgan fingerprint density at radius 3 is 2.39 bits per heavy atom. The van der Waals surface area contributed by atoms with Gasteiger partial charge in [0.05, 0.1) is 16.5 Å². The lowest BCUT2D eigenvalue weighted by Gasteiger charge is -2.25. The van der Waals surface area contributed by atoms with Crippen LogP contribution in [0.25, 0.3) is 5.76 Å². The van der Waals surface area contributed by atoms with E-state index < -0.39 is 27.8 Å². The van der Waals surface area contributed by atoms with E-state index in [1.165, 1.54) is 43.3 Å². The summed E-state index contributed by atoms with van der Waals surface area (Å²) in [6.07, 6.45) is 0.519. The molecule has 1 amide bonds. The molecule has 2 aromatic carbocycles. The first-order valence-corrected chi connectivity index (χ1v) is 12.4. The second kappa shape index (κ2) is 10.2. The molecule has 1 atom stereocenters. The number of aliphatic hydroxyl groups is 1. The molecular formula is C23H25BrN2O6S. The van der Waals surface area contributed by atoms with E-state index >= 15 is 0 Å². The molecule has 8 nitrogen and oxygen atoms in total. The normalized spacial score (nSPS) is 18.3. The zero-order valence-corrected chi connectivity index (χ0v) is 20.9. The summed E-state index contributed by atoms with van der Waals surface area (Å²) in [5.41, 5.74) is 0.857. The average molecular weight is 537 g/mol. The summed E-state index contributed by atoms with van der Waals surface area (Å²) in [6, 6.07) is 11.9. The van der Waals surface area contributed by atoms with Gasteiger partial charge < -0.3 is 14.7 Å². The number of halogens is 1. The van der Waals surface area contributed by atoms with Gasteiger partial charge in [-0.25, -0.2) is 12.7 Å². The van der Waals surface area contributed by atoms with Crippen molar-refractivity contribution in [2.45, 2.75) is 17.4 Å². The molecule has 0 aliphatic carbocycles. The number of carbonyl (C=O) groups excluding carboxylic acids is 2. The summed E-state index contributed by atoms with van der Waals surface area (Å²) >= 11 is 3.42. The second-order valence-electron chi connectivity index (χ2n) is 7.71. The number of ketones is 1. The van der Waals surface area contributed by atoms with Crippen molar-refractivity contribution in [3.8, 4) is 0 Å². The highest BCUT2D eigenvalue weighted by Crippen LogP contribution is 2.40. The molecule has 0 radical (unpaired) electrons. The molecule has 3 rings (SSSR count). The van der Waals surface area contributed by atoms with Gasteiger partial charge in [0.15, 0.2) is 0 Å². The van der Waals surface area contributed by atoms with Gasteiger partial charge in [-0.15, -0.1) is 0 Å². The van der Waals surface area contributed by atoms with Crippen LogP contribution in [0, 0.1) is 0 Å². The lowest BCUT2D eigenvalue weighted by molar-refractivity contribution is -0.140. The summed E-state index contributed by atoms with van der Waals surface area (Å²) in [4.78, 5) is 27.3. The van der Waals surface area contributed by atoms with E-state index in [-0.39, 0.29) is 28.3 Å². The fourth-order valence-corrected chi connectivity index (χ4v) is 4.98. The topological polar surface area (TPSA) is 104 Å². The number of sulfonamides is 1. The van der Waals surface area contributed by atoms with Crippen LogP contribution in [0.3, 0.4) is 0 Å². The van der Waals surface area contributed by atoms with E-state index in [2.05, 4.69) is 15.9 Å². The monoisotopic (exact) mass is 536 g/mol. The van der Waals surface area contributed by atoms with E-state index in [4.69, 9.17) is 4.74 Å². The molecule has 1 N–H and O–H groups in total. The SMILES string of the molecule is COCCCN1C(=O)C(=O)C(=C(O)c2ccc(S(=O)(=O)N(C)C)cc2)[C@@H]1c1cccc(Br)c1. The van der Waals surface area contributed by atoms with E-state index in [0.29, 0.717) is 18.6 Å². The van der Waals surface area contributed by atoms with E-state index in [9.17, 15) is 23.1 Å². The number of aliphatic hydroxyl groups excluding tert-OH is 1. The van der Waals surface area contributed by atoms with Gasteiger partial charge in [-0.2, -0.15) is 0 Å². The van der Waals surface area contributed by atoms with Gasteiger partial charge >= 0.3 is 0 Å². The van der Waals surface area contributed by atoms with Crippen LogP contribution < -0.4 is 0 Å². The summed E-state index contributed by atoms with van der Waals surface area (Å²) in [7, 11) is 0.753. The molecule has 0 aromatic heterocycles. The second-order valence-corrected chi connectivity index (χ2v) is 10.8. The van der Waals surface area contributed by atoms with Crippen molar-refractivity contribution in [3.05, 3.63) is 69.7 Å². The van der Waals surface area contributed by atoms with Gasteiger partial charge in [0.1, 0.15) is 5.76 Å². The molecule has 0 bridgehead atoms. The zero-order valence-electron chi connectivity index (χ0n) is 18.5. The minimum Gasteiger partial charge on any atom is -0.507 e. The minimum absolute atomic E-state index is 0.0428. The third-order valence-corrected chi connectivity index (χ3v) is 7.68. The van der Waals surface area contributed by atoms with Crippen LogP contribution in [0.5, 0.6) is 0 Å². The van der Waals surface area contributed by atoms with Gasteiger partial charge in [-0.1, -0.05) is 28.1 Å². The average Bonchev–Trinajstić information content (AvgIpc) is 3.03. The van der Waals surface area contributed by atoms with Gasteiger partial charge in [-0.05, 0) is 48.4 Å². The zero-order chi connectivity index (χ0) is 24.3. The fraction of sp³-hybridized carbons (Fsp3) is 0.304. The van der Waals surface area contributed by atoms with Crippen molar-refractivity contribution in [1.29, 1.82) is 0 Å². The summed E-state index contributed by atoms with van der Waals surface area (Å²) in [5, 5.41) is 11.1. The molecule has 33 heavy (non-hydrogen) atoms. The maximum absolute atomic E-state index is 13.0. The predicted molar refractivity (Wildman–Crippen MR) is 127 cm³/mol. The first-order chi connectivity index (χ1) is 15.6. The highest BCUT2D eigenvalue weighted by molar-refractivity contribution is 9.10. The lowest BCUT2D eigenvalue weighted by atomic mass is 9.95. The number of hydrogen-bond acceptors (Lipinski definition) is 6. The number of benzene rings is 2. The third-order valence-electron chi connectivity index (χ3n) is 5.36. The summed E-state index contributed by atoms with van der Waals surface area (Å²) in [5.74, 6) is -1.86. The van der Waals surface area contributed by atoms with E-state index in [1.54, 1.807) is 25.3 Å². The highest BCUT2D eigenvalue weighted by atomic mass is 79.9. The fourth-order valence-electron chi connectivity index (χ4n) is 3.66. The molecule has 1 aliphatic rings. The summed E-state index contributed by atoms with van der Waals surface area (Å²) in [6.45, 7) is 0.683. The van der Waals surface area contributed by atoms with Crippen LogP contribution in [-0.2, 0) is 24.3 Å². The highest BCUT2D eigenvalue weighted by Gasteiger charge is 2.45. The molecule has 0 spiro atoms. The molecule has 0 saturated carbocycles. The van der Waals surface area contributed by atoms with Crippen molar-refractivity contribution in [3.63, 3.8) is 0 Å². The van der Waals surface area contributed by atoms with Gasteiger partial charge in [-0.3, -0.25) is 9.59 Å². The molecule has 1 heterocycles. The van der Waals surface area contributed by atoms with Crippen LogP contribution in [0.1, 0.15) is 23.6 Å². The van der Waals surface area contributed by atoms with Crippen molar-refractivity contribution in [2.75, 3.05) is 34.4 Å². The Balaban J connectivity index is 2.10. The van der Waals surface area contributed by atoms with Crippen molar-refractivity contribution in [2.24, 2.45) is 0 Å². The Labute approximate surface area is 201 Å². The Bertz CT molecular complexity index is 1190. The molecule has 1 fully saturated rings. The van der Waals surface area contributed by atoms with Crippen molar-refractivity contribution in [1.82, 2.24) is 9.21 Å². The molecular weight excluding hydrogens is 512 g/mol. The number of hydrogen-bond donors (Lipinski definition) is 1. The largest absolute Gasteiger partial charge is 0.507 e. The van der Waals surface area contributed by atoms with Crippen LogP contribution in [0.2, 0.25) is 0 Å². The number of Topliss-reactive ketones (excluding diaryl/α,β-unsaturated/α-hetero) is 1. The number of amides is 1. The number of ether oxygens (including phenoxy) is 1. The number of nitrogens with zero attached hydrogens (tertiary/aromatic N) is 2. The summed E-state index contributed by atoms with van der Waals surface area (Å²) < 4.78 is 31.6. The molecule has 0 unspecified atom stereocenters. The molecule has 176 valence electrons. The first-order valence-electron chi connectivity index (χ1n) is 10.2. The molecule has 10 heteroatoms. The Morgan fingerprint density at radius 2 is 1.82 bits per heavy atom.